The minimum atomic E-state index is -3.43. The average molecular weight is 486 g/mol. The topological polar surface area (TPSA) is 92.5 Å². The van der Waals surface area contributed by atoms with Gasteiger partial charge in [0.05, 0.1) is 16.2 Å². The Morgan fingerprint density at radius 3 is 2.45 bits per heavy atom. The first-order chi connectivity index (χ1) is 15.9. The van der Waals surface area contributed by atoms with E-state index in [4.69, 9.17) is 4.52 Å². The number of amides is 1. The second-order valence-corrected chi connectivity index (χ2v) is 11.0. The Hall–Kier alpha value is -2.62. The molecule has 1 fully saturated rings. The van der Waals surface area contributed by atoms with E-state index in [9.17, 15) is 13.2 Å². The molecule has 2 aromatic carbocycles. The van der Waals surface area contributed by atoms with Crippen molar-refractivity contribution in [3.05, 3.63) is 76.7 Å². The number of nitrogens with zero attached hydrogens (tertiary/aromatic N) is 2. The van der Waals surface area contributed by atoms with Gasteiger partial charge in [-0.05, 0) is 56.5 Å². The molecule has 0 saturated carbocycles. The lowest BCUT2D eigenvalue weighted by Gasteiger charge is -2.15. The van der Waals surface area contributed by atoms with E-state index in [2.05, 4.69) is 10.5 Å². The van der Waals surface area contributed by atoms with Crippen molar-refractivity contribution >= 4 is 27.7 Å². The Labute approximate surface area is 198 Å². The third-order valence-electron chi connectivity index (χ3n) is 5.76. The molecule has 1 aliphatic rings. The second-order valence-electron chi connectivity index (χ2n) is 8.03. The van der Waals surface area contributed by atoms with Crippen LogP contribution >= 0.6 is 11.8 Å². The van der Waals surface area contributed by atoms with Gasteiger partial charge in [-0.15, -0.1) is 11.8 Å². The first kappa shape index (κ1) is 23.5. The monoisotopic (exact) mass is 485 g/mol. The molecule has 1 amide bonds. The van der Waals surface area contributed by atoms with Crippen LogP contribution in [0.2, 0.25) is 0 Å². The molecule has 0 radical (unpaired) electrons. The summed E-state index contributed by atoms with van der Waals surface area (Å²) >= 11 is 1.57. The number of carbonyl (C=O) groups excluding carboxylic acids is 1. The van der Waals surface area contributed by atoms with E-state index in [1.54, 1.807) is 42.1 Å². The van der Waals surface area contributed by atoms with Crippen LogP contribution in [0.1, 0.15) is 45.8 Å². The van der Waals surface area contributed by atoms with Gasteiger partial charge in [-0.2, -0.15) is 4.31 Å². The first-order valence-electron chi connectivity index (χ1n) is 10.9. The molecule has 1 saturated heterocycles. The van der Waals surface area contributed by atoms with Gasteiger partial charge in [0.1, 0.15) is 5.76 Å². The Balaban J connectivity index is 1.39. The molecule has 4 rings (SSSR count). The summed E-state index contributed by atoms with van der Waals surface area (Å²) in [5, 5.41) is 6.93. The van der Waals surface area contributed by atoms with Gasteiger partial charge in [0.25, 0.3) is 5.91 Å². The molecule has 33 heavy (non-hydrogen) atoms. The van der Waals surface area contributed by atoms with Crippen LogP contribution in [0.15, 0.2) is 62.8 Å². The minimum absolute atomic E-state index is 0.175. The summed E-state index contributed by atoms with van der Waals surface area (Å²) in [6, 6.07) is 14.2. The van der Waals surface area contributed by atoms with Gasteiger partial charge in [-0.25, -0.2) is 8.42 Å². The molecule has 1 aromatic heterocycles. The van der Waals surface area contributed by atoms with Crippen LogP contribution in [0.5, 0.6) is 0 Å². The molecule has 3 aromatic rings. The summed E-state index contributed by atoms with van der Waals surface area (Å²) in [5.41, 5.74) is 3.34. The number of benzene rings is 2. The molecule has 0 unspecified atom stereocenters. The van der Waals surface area contributed by atoms with E-state index in [0.717, 1.165) is 40.3 Å². The van der Waals surface area contributed by atoms with E-state index in [1.165, 1.54) is 4.31 Å². The molecule has 1 aliphatic heterocycles. The van der Waals surface area contributed by atoms with Crippen molar-refractivity contribution in [3.8, 4) is 0 Å². The van der Waals surface area contributed by atoms with Gasteiger partial charge in [0.2, 0.25) is 10.0 Å². The predicted octanol–water partition coefficient (Wildman–Crippen LogP) is 4.30. The number of rotatable bonds is 8. The predicted molar refractivity (Wildman–Crippen MR) is 128 cm³/mol. The largest absolute Gasteiger partial charge is 0.361 e. The molecule has 1 N–H and O–H groups in total. The fourth-order valence-electron chi connectivity index (χ4n) is 3.77. The zero-order valence-electron chi connectivity index (χ0n) is 18.7. The van der Waals surface area contributed by atoms with E-state index >= 15 is 0 Å². The maximum Gasteiger partial charge on any atom is 0.252 e. The van der Waals surface area contributed by atoms with Gasteiger partial charge >= 0.3 is 0 Å². The smallest absolute Gasteiger partial charge is 0.252 e. The SMILES string of the molecule is Cc1noc(C)c1CSc1ccccc1C(=O)NCc1ccc(S(=O)(=O)N2CCCC2)cc1. The van der Waals surface area contributed by atoms with E-state index in [0.29, 0.717) is 35.8 Å². The maximum absolute atomic E-state index is 12.9. The van der Waals surface area contributed by atoms with Crippen LogP contribution in [0.25, 0.3) is 0 Å². The quantitative estimate of drug-likeness (QED) is 0.478. The van der Waals surface area contributed by atoms with Crippen LogP contribution in [-0.2, 0) is 22.3 Å². The fraction of sp³-hybridized carbons (Fsp3) is 0.333. The molecule has 0 bridgehead atoms. The third kappa shape index (κ3) is 5.31. The van der Waals surface area contributed by atoms with Crippen molar-refractivity contribution < 1.29 is 17.7 Å². The van der Waals surface area contributed by atoms with Crippen LogP contribution in [-0.4, -0.2) is 36.9 Å². The molecular weight excluding hydrogens is 458 g/mol. The fourth-order valence-corrected chi connectivity index (χ4v) is 6.49. The molecule has 0 aliphatic carbocycles. The highest BCUT2D eigenvalue weighted by atomic mass is 32.2. The molecule has 174 valence electrons. The van der Waals surface area contributed by atoms with Crippen molar-refractivity contribution in [2.24, 2.45) is 0 Å². The molecular formula is C24H27N3O4S2. The van der Waals surface area contributed by atoms with Crippen LogP contribution in [0, 0.1) is 13.8 Å². The van der Waals surface area contributed by atoms with E-state index in [-0.39, 0.29) is 5.91 Å². The number of thioether (sulfide) groups is 1. The highest BCUT2D eigenvalue weighted by Crippen LogP contribution is 2.29. The summed E-state index contributed by atoms with van der Waals surface area (Å²) in [7, 11) is -3.43. The summed E-state index contributed by atoms with van der Waals surface area (Å²) in [5.74, 6) is 1.28. The highest BCUT2D eigenvalue weighted by molar-refractivity contribution is 7.98. The molecule has 9 heteroatoms. The van der Waals surface area contributed by atoms with E-state index < -0.39 is 10.0 Å². The van der Waals surface area contributed by atoms with Gasteiger partial charge in [0, 0.05) is 35.8 Å². The van der Waals surface area contributed by atoms with Gasteiger partial charge in [-0.1, -0.05) is 29.4 Å². The zero-order chi connectivity index (χ0) is 23.4. The normalized spacial score (nSPS) is 14.5. The Morgan fingerprint density at radius 2 is 1.79 bits per heavy atom. The van der Waals surface area contributed by atoms with Crippen LogP contribution in [0.3, 0.4) is 0 Å². The van der Waals surface area contributed by atoms with Crippen LogP contribution < -0.4 is 5.32 Å². The first-order valence-corrected chi connectivity index (χ1v) is 13.3. The number of sulfonamides is 1. The van der Waals surface area contributed by atoms with Gasteiger partial charge in [0.15, 0.2) is 0 Å². The zero-order valence-corrected chi connectivity index (χ0v) is 20.3. The summed E-state index contributed by atoms with van der Waals surface area (Å²) < 4.78 is 32.1. The number of aromatic nitrogens is 1. The summed E-state index contributed by atoms with van der Waals surface area (Å²) in [6.07, 6.45) is 1.81. The third-order valence-corrected chi connectivity index (χ3v) is 8.78. The molecule has 7 nitrogen and oxygen atoms in total. The number of hydrogen-bond acceptors (Lipinski definition) is 6. The average Bonchev–Trinajstić information content (AvgIpc) is 3.48. The highest BCUT2D eigenvalue weighted by Gasteiger charge is 2.26. The van der Waals surface area contributed by atoms with Gasteiger partial charge in [-0.3, -0.25) is 4.79 Å². The molecule has 2 heterocycles. The number of aryl methyl sites for hydroxylation is 2. The number of hydrogen-bond donors (Lipinski definition) is 1. The number of carbonyl (C=O) groups is 1. The van der Waals surface area contributed by atoms with Gasteiger partial charge < -0.3 is 9.84 Å². The lowest BCUT2D eigenvalue weighted by molar-refractivity contribution is 0.0948. The number of nitrogens with one attached hydrogen (secondary N) is 1. The maximum atomic E-state index is 12.9. The van der Waals surface area contributed by atoms with Crippen molar-refractivity contribution in [1.29, 1.82) is 0 Å². The molecule has 0 spiro atoms. The lowest BCUT2D eigenvalue weighted by atomic mass is 10.2. The van der Waals surface area contributed by atoms with Crippen molar-refractivity contribution in [1.82, 2.24) is 14.8 Å². The Bertz CT molecular complexity index is 1210. The molecule has 0 atom stereocenters. The van der Waals surface area contributed by atoms with Crippen LogP contribution in [0.4, 0.5) is 0 Å². The van der Waals surface area contributed by atoms with E-state index in [1.807, 2.05) is 32.0 Å². The minimum Gasteiger partial charge on any atom is -0.361 e. The summed E-state index contributed by atoms with van der Waals surface area (Å²) in [4.78, 5) is 14.0. The lowest BCUT2D eigenvalue weighted by Crippen LogP contribution is -2.28. The Kier molecular flexibility index (Phi) is 7.21. The van der Waals surface area contributed by atoms with Crippen molar-refractivity contribution in [2.75, 3.05) is 13.1 Å². The van der Waals surface area contributed by atoms with Crippen molar-refractivity contribution in [2.45, 2.75) is 48.8 Å². The Morgan fingerprint density at radius 1 is 1.09 bits per heavy atom. The van der Waals surface area contributed by atoms with Crippen molar-refractivity contribution in [3.63, 3.8) is 0 Å². The summed E-state index contributed by atoms with van der Waals surface area (Å²) in [6.45, 7) is 5.26. The second kappa shape index (κ2) is 10.1. The standard InChI is InChI=1S/C24H27N3O4S2/c1-17-22(18(2)31-26-17)16-32-23-8-4-3-7-21(23)24(28)25-15-19-9-11-20(12-10-19)33(29,30)27-13-5-6-14-27/h3-4,7-12H,5-6,13-16H2,1-2H3,(H,25,28).